The molecule has 1 aromatic carbocycles. The van der Waals surface area contributed by atoms with Crippen LogP contribution in [0.4, 0.5) is 0 Å². The molecule has 2 aromatic heterocycles. The van der Waals surface area contributed by atoms with E-state index in [0.717, 1.165) is 29.2 Å². The molecule has 0 bridgehead atoms. The summed E-state index contributed by atoms with van der Waals surface area (Å²) in [7, 11) is 1.35. The summed E-state index contributed by atoms with van der Waals surface area (Å²) in [6, 6.07) is 11.8. The number of nitrogens with one attached hydrogen (secondary N) is 2. The van der Waals surface area contributed by atoms with Crippen LogP contribution in [0.5, 0.6) is 0 Å². The number of para-hydroxylation sites is 1. The minimum Gasteiger partial charge on any atom is -0.465 e. The maximum atomic E-state index is 11.8. The highest BCUT2D eigenvalue weighted by Gasteiger charge is 2.15. The van der Waals surface area contributed by atoms with Crippen LogP contribution in [0, 0.1) is 20.8 Å². The number of aromatic nitrogens is 2. The highest BCUT2D eigenvalue weighted by Crippen LogP contribution is 2.18. The summed E-state index contributed by atoms with van der Waals surface area (Å²) in [5.74, 6) is 1.41. The molecule has 3 rings (SSSR count). The first-order chi connectivity index (χ1) is 14.9. The summed E-state index contributed by atoms with van der Waals surface area (Å²) in [6.45, 7) is 9.37. The fraction of sp³-hybridized carbons (Fsp3) is 0.348. The van der Waals surface area contributed by atoms with Gasteiger partial charge in [0.1, 0.15) is 17.1 Å². The molecule has 0 saturated carbocycles. The average Bonchev–Trinajstić information content (AvgIpc) is 3.30. The fourth-order valence-electron chi connectivity index (χ4n) is 3.34. The van der Waals surface area contributed by atoms with Gasteiger partial charge in [-0.25, -0.2) is 14.5 Å². The third-order valence-corrected chi connectivity index (χ3v) is 4.79. The average molecular weight is 551 g/mol. The lowest BCUT2D eigenvalue weighted by atomic mass is 10.2. The number of guanidine groups is 1. The number of carbonyl (C=O) groups is 1. The molecule has 0 radical (unpaired) electrons. The lowest BCUT2D eigenvalue weighted by Crippen LogP contribution is -2.36. The highest BCUT2D eigenvalue weighted by atomic mass is 127. The molecule has 0 amide bonds. The van der Waals surface area contributed by atoms with Gasteiger partial charge in [0.2, 0.25) is 0 Å². The minimum absolute atomic E-state index is 0. The van der Waals surface area contributed by atoms with Crippen molar-refractivity contribution in [2.24, 2.45) is 4.99 Å². The summed E-state index contributed by atoms with van der Waals surface area (Å²) in [6.07, 6.45) is 0. The van der Waals surface area contributed by atoms with Gasteiger partial charge in [-0.05, 0) is 51.5 Å². The van der Waals surface area contributed by atoms with E-state index in [2.05, 4.69) is 27.9 Å². The van der Waals surface area contributed by atoms with Gasteiger partial charge in [-0.15, -0.1) is 24.0 Å². The second kappa shape index (κ2) is 11.7. The molecule has 8 nitrogen and oxygen atoms in total. The Balaban J connectivity index is 0.00000363. The molecule has 2 N–H and O–H groups in total. The van der Waals surface area contributed by atoms with E-state index in [-0.39, 0.29) is 24.0 Å². The first-order valence-corrected chi connectivity index (χ1v) is 10.2. The Bertz CT molecular complexity index is 1090. The summed E-state index contributed by atoms with van der Waals surface area (Å²) in [4.78, 5) is 16.5. The van der Waals surface area contributed by atoms with Crippen molar-refractivity contribution in [1.29, 1.82) is 0 Å². The summed E-state index contributed by atoms with van der Waals surface area (Å²) in [5.41, 5.74) is 4.56. The van der Waals surface area contributed by atoms with Crippen molar-refractivity contribution >= 4 is 35.9 Å². The van der Waals surface area contributed by atoms with Crippen molar-refractivity contribution in [2.75, 3.05) is 13.7 Å². The standard InChI is InChI=1S/C23H29N5O3.HI/c1-6-24-23(26-14-19-12-20(17(4)31-19)22(29)30-5)25-13-18-9-7-8-10-21(18)28-16(3)11-15(2)27-28;/h7-12H,6,13-14H2,1-5H3,(H2,24,25,26);1H. The molecular formula is C23H30IN5O3. The van der Waals surface area contributed by atoms with Crippen LogP contribution >= 0.6 is 24.0 Å². The number of methoxy groups -OCH3 is 1. The van der Waals surface area contributed by atoms with Gasteiger partial charge < -0.3 is 19.8 Å². The van der Waals surface area contributed by atoms with Crippen LogP contribution in [-0.2, 0) is 17.8 Å². The second-order valence-electron chi connectivity index (χ2n) is 7.19. The Kier molecular flexibility index (Phi) is 9.30. The van der Waals surface area contributed by atoms with Crippen LogP contribution in [0.1, 0.15) is 45.8 Å². The maximum Gasteiger partial charge on any atom is 0.341 e. The largest absolute Gasteiger partial charge is 0.465 e. The number of furan rings is 1. The van der Waals surface area contributed by atoms with E-state index < -0.39 is 5.97 Å². The summed E-state index contributed by atoms with van der Waals surface area (Å²) in [5, 5.41) is 11.1. The predicted octanol–water partition coefficient (Wildman–Crippen LogP) is 4.05. The number of aliphatic imine (C=N–C) groups is 1. The molecule has 0 atom stereocenters. The first-order valence-electron chi connectivity index (χ1n) is 10.2. The number of nitrogens with zero attached hydrogens (tertiary/aromatic N) is 3. The molecule has 32 heavy (non-hydrogen) atoms. The van der Waals surface area contributed by atoms with Crippen molar-refractivity contribution in [3.63, 3.8) is 0 Å². The molecule has 0 fully saturated rings. The Morgan fingerprint density at radius 1 is 1.19 bits per heavy atom. The van der Waals surface area contributed by atoms with Gasteiger partial charge >= 0.3 is 5.97 Å². The quantitative estimate of drug-likeness (QED) is 0.199. The molecule has 0 unspecified atom stereocenters. The highest BCUT2D eigenvalue weighted by molar-refractivity contribution is 14.0. The van der Waals surface area contributed by atoms with E-state index in [1.54, 1.807) is 13.0 Å². The Morgan fingerprint density at radius 2 is 1.94 bits per heavy atom. The maximum absolute atomic E-state index is 11.8. The molecule has 0 aliphatic rings. The Hall–Kier alpha value is -2.82. The number of halogens is 1. The van der Waals surface area contributed by atoms with Gasteiger partial charge in [-0.2, -0.15) is 5.10 Å². The topological polar surface area (TPSA) is 93.7 Å². The van der Waals surface area contributed by atoms with E-state index >= 15 is 0 Å². The van der Waals surface area contributed by atoms with Crippen molar-refractivity contribution in [1.82, 2.24) is 20.4 Å². The van der Waals surface area contributed by atoms with E-state index in [4.69, 9.17) is 14.1 Å². The lowest BCUT2D eigenvalue weighted by Gasteiger charge is -2.12. The molecule has 3 aromatic rings. The Morgan fingerprint density at radius 3 is 2.59 bits per heavy atom. The number of hydrogen-bond acceptors (Lipinski definition) is 5. The van der Waals surface area contributed by atoms with Gasteiger partial charge in [-0.1, -0.05) is 18.2 Å². The van der Waals surface area contributed by atoms with Gasteiger partial charge in [-0.3, -0.25) is 0 Å². The second-order valence-corrected chi connectivity index (χ2v) is 7.19. The molecule has 172 valence electrons. The summed E-state index contributed by atoms with van der Waals surface area (Å²) >= 11 is 0. The SMILES string of the molecule is CCNC(=NCc1ccccc1-n1nc(C)cc1C)NCc1cc(C(=O)OC)c(C)o1.I. The van der Waals surface area contributed by atoms with Crippen LogP contribution in [0.3, 0.4) is 0 Å². The number of aryl methyl sites for hydroxylation is 3. The normalized spacial score (nSPS) is 11.1. The first kappa shape index (κ1) is 25.4. The predicted molar refractivity (Wildman–Crippen MR) is 135 cm³/mol. The number of hydrogen-bond donors (Lipinski definition) is 2. The number of rotatable bonds is 7. The zero-order valence-electron chi connectivity index (χ0n) is 19.1. The zero-order chi connectivity index (χ0) is 22.4. The summed E-state index contributed by atoms with van der Waals surface area (Å²) < 4.78 is 12.4. The third-order valence-electron chi connectivity index (χ3n) is 4.79. The minimum atomic E-state index is -0.408. The smallest absolute Gasteiger partial charge is 0.341 e. The van der Waals surface area contributed by atoms with Gasteiger partial charge in [0.25, 0.3) is 0 Å². The van der Waals surface area contributed by atoms with Gasteiger partial charge in [0.05, 0.1) is 31.6 Å². The van der Waals surface area contributed by atoms with Crippen molar-refractivity contribution in [3.05, 3.63) is 70.4 Å². The molecule has 2 heterocycles. The number of esters is 1. The van der Waals surface area contributed by atoms with E-state index in [0.29, 0.717) is 36.1 Å². The van der Waals surface area contributed by atoms with Gasteiger partial charge in [0.15, 0.2) is 5.96 Å². The molecule has 9 heteroatoms. The molecule has 0 aliphatic carbocycles. The lowest BCUT2D eigenvalue weighted by molar-refractivity contribution is 0.0599. The van der Waals surface area contributed by atoms with Crippen molar-refractivity contribution in [3.8, 4) is 5.69 Å². The third kappa shape index (κ3) is 6.12. The number of ether oxygens (including phenoxy) is 1. The Labute approximate surface area is 205 Å². The van der Waals surface area contributed by atoms with Gasteiger partial charge in [0, 0.05) is 12.2 Å². The molecule has 0 aliphatic heterocycles. The number of benzene rings is 1. The van der Waals surface area contributed by atoms with Crippen LogP contribution in [0.25, 0.3) is 5.69 Å². The van der Waals surface area contributed by atoms with Crippen molar-refractivity contribution in [2.45, 2.75) is 40.8 Å². The van der Waals surface area contributed by atoms with Crippen LogP contribution in [-0.4, -0.2) is 35.4 Å². The van der Waals surface area contributed by atoms with E-state index in [1.807, 2.05) is 43.7 Å². The molecular weight excluding hydrogens is 521 g/mol. The zero-order valence-corrected chi connectivity index (χ0v) is 21.4. The van der Waals surface area contributed by atoms with Crippen molar-refractivity contribution < 1.29 is 13.9 Å². The molecule has 0 saturated heterocycles. The number of carbonyl (C=O) groups excluding carboxylic acids is 1. The molecule has 0 spiro atoms. The van der Waals surface area contributed by atoms with Crippen LogP contribution in [0.2, 0.25) is 0 Å². The van der Waals surface area contributed by atoms with E-state index in [1.165, 1.54) is 7.11 Å². The van der Waals surface area contributed by atoms with Crippen LogP contribution < -0.4 is 10.6 Å². The monoisotopic (exact) mass is 551 g/mol. The fourth-order valence-corrected chi connectivity index (χ4v) is 3.34. The van der Waals surface area contributed by atoms with Crippen LogP contribution in [0.15, 0.2) is 45.8 Å². The van der Waals surface area contributed by atoms with E-state index in [9.17, 15) is 4.79 Å².